The van der Waals surface area contributed by atoms with Gasteiger partial charge in [-0.25, -0.2) is 9.37 Å². The number of nitrogens with zero attached hydrogens (tertiary/aromatic N) is 4. The molecule has 10 heteroatoms. The van der Waals surface area contributed by atoms with E-state index in [0.29, 0.717) is 5.56 Å². The number of hydrogen-bond acceptors (Lipinski definition) is 6. The van der Waals surface area contributed by atoms with Crippen molar-refractivity contribution >= 4 is 23.2 Å². The average Bonchev–Trinajstić information content (AvgIpc) is 3.27. The van der Waals surface area contributed by atoms with Crippen molar-refractivity contribution in [3.05, 3.63) is 63.1 Å². The van der Waals surface area contributed by atoms with Crippen LogP contribution in [0.2, 0.25) is 0 Å². The normalized spacial score (nSPS) is 16.0. The molecule has 29 heavy (non-hydrogen) atoms. The minimum absolute atomic E-state index is 0.0241. The summed E-state index contributed by atoms with van der Waals surface area (Å²) in [5, 5.41) is 19.9. The van der Waals surface area contributed by atoms with Gasteiger partial charge in [0.2, 0.25) is 0 Å². The molecule has 4 rings (SSSR count). The van der Waals surface area contributed by atoms with Gasteiger partial charge >= 0.3 is 0 Å². The number of halogens is 1. The van der Waals surface area contributed by atoms with E-state index in [1.807, 2.05) is 12.3 Å². The number of nitrogens with one attached hydrogen (secondary N) is 1. The number of carbonyl (C=O) groups excluding carboxylic acids is 2. The first-order valence-corrected chi connectivity index (χ1v) is 9.74. The van der Waals surface area contributed by atoms with E-state index in [9.17, 15) is 19.1 Å². The first kappa shape index (κ1) is 19.1. The number of thiazole rings is 1. The smallest absolute Gasteiger partial charge is 0.276 e. The second-order valence-corrected chi connectivity index (χ2v) is 7.69. The fourth-order valence-corrected chi connectivity index (χ4v) is 4.11. The highest BCUT2D eigenvalue weighted by molar-refractivity contribution is 7.09. The predicted octanol–water partition coefficient (Wildman–Crippen LogP) is 2.25. The van der Waals surface area contributed by atoms with Crippen LogP contribution in [-0.2, 0) is 13.1 Å². The zero-order valence-electron chi connectivity index (χ0n) is 15.7. The number of aryl methyl sites for hydroxylation is 1. The molecule has 150 valence electrons. The summed E-state index contributed by atoms with van der Waals surface area (Å²) >= 11 is 1.45. The van der Waals surface area contributed by atoms with E-state index >= 15 is 0 Å². The van der Waals surface area contributed by atoms with Gasteiger partial charge < -0.3 is 15.3 Å². The van der Waals surface area contributed by atoms with E-state index in [2.05, 4.69) is 15.4 Å². The number of fused-ring (bicyclic) bond motifs is 1. The van der Waals surface area contributed by atoms with E-state index in [4.69, 9.17) is 0 Å². The zero-order chi connectivity index (χ0) is 20.7. The standard InChI is InChI=1S/C19H18FN5O3S/c1-10-9-29-18(22-10)13-8-25-15(19(28)24(13)2)16(26)14(23-25)17(27)21-7-11-3-5-12(20)6-4-11/h3-6,9,13,26H,7-8H2,1-2H3,(H,21,27). The zero-order valence-corrected chi connectivity index (χ0v) is 16.5. The second kappa shape index (κ2) is 7.28. The highest BCUT2D eigenvalue weighted by Crippen LogP contribution is 2.34. The number of aromatic nitrogens is 3. The number of likely N-dealkylation sites (N-methyl/N-ethyl adjacent to an activating group) is 1. The van der Waals surface area contributed by atoms with Crippen molar-refractivity contribution < 1.29 is 19.1 Å². The van der Waals surface area contributed by atoms with Gasteiger partial charge in [-0.15, -0.1) is 11.3 Å². The summed E-state index contributed by atoms with van der Waals surface area (Å²) in [6, 6.07) is 5.36. The summed E-state index contributed by atoms with van der Waals surface area (Å²) in [6.07, 6.45) is 0. The molecule has 0 spiro atoms. The maximum absolute atomic E-state index is 13.0. The molecular weight excluding hydrogens is 397 g/mol. The van der Waals surface area contributed by atoms with Gasteiger partial charge in [0.1, 0.15) is 16.9 Å². The summed E-state index contributed by atoms with van der Waals surface area (Å²) in [7, 11) is 1.63. The molecule has 0 fully saturated rings. The molecule has 1 atom stereocenters. The van der Waals surface area contributed by atoms with Crippen molar-refractivity contribution in [2.45, 2.75) is 26.1 Å². The van der Waals surface area contributed by atoms with Crippen LogP contribution in [-0.4, -0.2) is 43.6 Å². The van der Waals surface area contributed by atoms with Gasteiger partial charge in [-0.1, -0.05) is 12.1 Å². The molecule has 0 aliphatic carbocycles. The van der Waals surface area contributed by atoms with E-state index in [1.165, 1.54) is 33.1 Å². The Kier molecular flexibility index (Phi) is 4.79. The maximum Gasteiger partial charge on any atom is 0.276 e. The van der Waals surface area contributed by atoms with Gasteiger partial charge in [-0.05, 0) is 24.6 Å². The Morgan fingerprint density at radius 3 is 2.76 bits per heavy atom. The Morgan fingerprint density at radius 2 is 2.10 bits per heavy atom. The largest absolute Gasteiger partial charge is 0.504 e. The first-order valence-electron chi connectivity index (χ1n) is 8.86. The molecule has 0 radical (unpaired) electrons. The minimum Gasteiger partial charge on any atom is -0.504 e. The Morgan fingerprint density at radius 1 is 1.38 bits per heavy atom. The van der Waals surface area contributed by atoms with Crippen molar-refractivity contribution in [2.75, 3.05) is 7.05 Å². The van der Waals surface area contributed by atoms with Crippen LogP contribution in [0.15, 0.2) is 29.6 Å². The number of benzene rings is 1. The number of aromatic hydroxyl groups is 1. The van der Waals surface area contributed by atoms with Crippen molar-refractivity contribution in [3.63, 3.8) is 0 Å². The van der Waals surface area contributed by atoms with E-state index in [1.54, 1.807) is 19.2 Å². The molecule has 3 heterocycles. The summed E-state index contributed by atoms with van der Waals surface area (Å²) in [5.74, 6) is -1.87. The number of rotatable bonds is 4. The van der Waals surface area contributed by atoms with Crippen molar-refractivity contribution in [3.8, 4) is 5.75 Å². The summed E-state index contributed by atoms with van der Waals surface area (Å²) < 4.78 is 14.3. The molecule has 0 saturated carbocycles. The minimum atomic E-state index is -0.620. The number of hydrogen-bond donors (Lipinski definition) is 2. The lowest BCUT2D eigenvalue weighted by molar-refractivity contribution is 0.0639. The maximum atomic E-state index is 13.0. The van der Waals surface area contributed by atoms with E-state index < -0.39 is 17.6 Å². The SMILES string of the molecule is Cc1csc(C2Cn3nc(C(=O)NCc4ccc(F)cc4)c(O)c3C(=O)N2C)n1. The molecule has 2 N–H and O–H groups in total. The first-order chi connectivity index (χ1) is 13.8. The molecule has 0 bridgehead atoms. The quantitative estimate of drug-likeness (QED) is 0.681. The van der Waals surface area contributed by atoms with Gasteiger partial charge in [0.25, 0.3) is 11.8 Å². The second-order valence-electron chi connectivity index (χ2n) is 6.80. The van der Waals surface area contributed by atoms with Crippen LogP contribution in [0.3, 0.4) is 0 Å². The molecule has 1 aromatic carbocycles. The van der Waals surface area contributed by atoms with Gasteiger partial charge in [0.05, 0.1) is 6.54 Å². The van der Waals surface area contributed by atoms with Crippen LogP contribution in [0.1, 0.15) is 43.3 Å². The Hall–Kier alpha value is -3.27. The summed E-state index contributed by atoms with van der Waals surface area (Å²) in [5.41, 5.74) is 1.31. The lowest BCUT2D eigenvalue weighted by atomic mass is 10.1. The van der Waals surface area contributed by atoms with Crippen LogP contribution in [0.5, 0.6) is 5.75 Å². The Bertz CT molecular complexity index is 1090. The molecule has 3 aromatic rings. The van der Waals surface area contributed by atoms with E-state index in [0.717, 1.165) is 10.7 Å². The summed E-state index contributed by atoms with van der Waals surface area (Å²) in [6.45, 7) is 2.29. The third-order valence-corrected chi connectivity index (χ3v) is 5.83. The monoisotopic (exact) mass is 415 g/mol. The van der Waals surface area contributed by atoms with Crippen LogP contribution in [0.25, 0.3) is 0 Å². The van der Waals surface area contributed by atoms with Crippen molar-refractivity contribution in [1.29, 1.82) is 0 Å². The summed E-state index contributed by atoms with van der Waals surface area (Å²) in [4.78, 5) is 31.2. The molecule has 1 unspecified atom stereocenters. The van der Waals surface area contributed by atoms with Gasteiger partial charge in [-0.3, -0.25) is 14.3 Å². The lowest BCUT2D eigenvalue weighted by Gasteiger charge is -2.31. The molecule has 1 aliphatic heterocycles. The molecule has 2 aromatic heterocycles. The van der Waals surface area contributed by atoms with Crippen LogP contribution >= 0.6 is 11.3 Å². The lowest BCUT2D eigenvalue weighted by Crippen LogP contribution is -2.40. The number of amides is 2. The predicted molar refractivity (Wildman–Crippen MR) is 103 cm³/mol. The van der Waals surface area contributed by atoms with E-state index in [-0.39, 0.29) is 36.3 Å². The number of carbonyl (C=O) groups is 2. The highest BCUT2D eigenvalue weighted by atomic mass is 32.1. The van der Waals surface area contributed by atoms with Gasteiger partial charge in [-0.2, -0.15) is 5.10 Å². The fourth-order valence-electron chi connectivity index (χ4n) is 3.18. The molecule has 8 nitrogen and oxygen atoms in total. The topological polar surface area (TPSA) is 100 Å². The molecule has 1 aliphatic rings. The van der Waals surface area contributed by atoms with Crippen molar-refractivity contribution in [1.82, 2.24) is 25.0 Å². The fraction of sp³-hybridized carbons (Fsp3) is 0.263. The van der Waals surface area contributed by atoms with Gasteiger partial charge in [0.15, 0.2) is 17.1 Å². The molecule has 2 amide bonds. The third-order valence-electron chi connectivity index (χ3n) is 4.77. The third kappa shape index (κ3) is 3.46. The molecular formula is C19H18FN5O3S. The van der Waals surface area contributed by atoms with Crippen molar-refractivity contribution in [2.24, 2.45) is 0 Å². The highest BCUT2D eigenvalue weighted by Gasteiger charge is 2.38. The van der Waals surface area contributed by atoms with Crippen LogP contribution < -0.4 is 5.32 Å². The Labute approximate surface area is 169 Å². The average molecular weight is 415 g/mol. The van der Waals surface area contributed by atoms with Crippen LogP contribution in [0, 0.1) is 12.7 Å². The van der Waals surface area contributed by atoms with Gasteiger partial charge in [0, 0.05) is 24.7 Å². The molecule has 0 saturated heterocycles. The Balaban J connectivity index is 1.57. The van der Waals surface area contributed by atoms with Crippen LogP contribution in [0.4, 0.5) is 4.39 Å².